The van der Waals surface area contributed by atoms with Gasteiger partial charge in [0.05, 0.1) is 17.6 Å². The van der Waals surface area contributed by atoms with E-state index in [9.17, 15) is 9.59 Å². The van der Waals surface area contributed by atoms with Crippen LogP contribution in [0.5, 0.6) is 5.75 Å². The van der Waals surface area contributed by atoms with E-state index in [0.717, 1.165) is 22.3 Å². The maximum Gasteiger partial charge on any atom is 0.285 e. The molecule has 0 radical (unpaired) electrons. The predicted octanol–water partition coefficient (Wildman–Crippen LogP) is 2.64. The van der Waals surface area contributed by atoms with Crippen molar-refractivity contribution in [2.75, 3.05) is 7.11 Å². The molecule has 1 N–H and O–H groups in total. The number of aromatic nitrogens is 1. The largest absolute Gasteiger partial charge is 0.497 e. The molecule has 1 fully saturated rings. The van der Waals surface area contributed by atoms with Crippen LogP contribution in [0.4, 0.5) is 0 Å². The number of amides is 2. The third-order valence-electron chi connectivity index (χ3n) is 3.32. The van der Waals surface area contributed by atoms with Crippen LogP contribution in [0.15, 0.2) is 53.7 Å². The van der Waals surface area contributed by atoms with Crippen LogP contribution in [-0.4, -0.2) is 33.2 Å². The first kappa shape index (κ1) is 17.1. The Bertz CT molecular complexity index is 868. The van der Waals surface area contributed by atoms with Gasteiger partial charge < -0.3 is 4.74 Å². The Kier molecular flexibility index (Phi) is 5.11. The molecule has 1 saturated heterocycles. The molecule has 0 atom stereocenters. The highest BCUT2D eigenvalue weighted by Gasteiger charge is 2.33. The van der Waals surface area contributed by atoms with E-state index in [4.69, 9.17) is 17.0 Å². The van der Waals surface area contributed by atoms with Crippen molar-refractivity contribution in [1.82, 2.24) is 15.4 Å². The molecule has 1 aliphatic rings. The van der Waals surface area contributed by atoms with Crippen molar-refractivity contribution in [2.45, 2.75) is 0 Å². The first-order valence-corrected chi connectivity index (χ1v) is 8.44. The number of hydrogen-bond donors (Lipinski definition) is 1. The molecule has 1 aromatic carbocycles. The van der Waals surface area contributed by atoms with Crippen molar-refractivity contribution < 1.29 is 14.3 Å². The molecule has 1 aliphatic heterocycles. The number of carbonyl (C=O) groups is 2. The SMILES string of the molecule is COc1cccc(C=C2SC(=S)N(NC(=O)c3cccnc3)C2=O)c1. The van der Waals surface area contributed by atoms with Gasteiger partial charge in [-0.3, -0.25) is 20.0 Å². The van der Waals surface area contributed by atoms with Crippen molar-refractivity contribution in [3.63, 3.8) is 0 Å². The lowest BCUT2D eigenvalue weighted by molar-refractivity contribution is -0.123. The van der Waals surface area contributed by atoms with Crippen LogP contribution in [0.3, 0.4) is 0 Å². The predicted molar refractivity (Wildman–Crippen MR) is 99.7 cm³/mol. The summed E-state index contributed by atoms with van der Waals surface area (Å²) >= 11 is 6.33. The van der Waals surface area contributed by atoms with Crippen molar-refractivity contribution in [2.24, 2.45) is 0 Å². The van der Waals surface area contributed by atoms with Crippen LogP contribution >= 0.6 is 24.0 Å². The molecular weight excluding hydrogens is 358 g/mol. The van der Waals surface area contributed by atoms with Crippen molar-refractivity contribution in [3.8, 4) is 5.75 Å². The van der Waals surface area contributed by atoms with E-state index in [0.29, 0.717) is 16.2 Å². The summed E-state index contributed by atoms with van der Waals surface area (Å²) in [6.45, 7) is 0. The zero-order valence-electron chi connectivity index (χ0n) is 13.1. The van der Waals surface area contributed by atoms with Crippen molar-refractivity contribution in [1.29, 1.82) is 0 Å². The first-order chi connectivity index (χ1) is 12.1. The molecule has 0 bridgehead atoms. The van der Waals surface area contributed by atoms with Crippen LogP contribution in [-0.2, 0) is 4.79 Å². The molecule has 3 rings (SSSR count). The van der Waals surface area contributed by atoms with Crippen LogP contribution in [0.2, 0.25) is 0 Å². The monoisotopic (exact) mass is 371 g/mol. The summed E-state index contributed by atoms with van der Waals surface area (Å²) in [5.74, 6) is -0.142. The first-order valence-electron chi connectivity index (χ1n) is 7.21. The Morgan fingerprint density at radius 3 is 2.92 bits per heavy atom. The summed E-state index contributed by atoms with van der Waals surface area (Å²) in [7, 11) is 1.58. The van der Waals surface area contributed by atoms with Gasteiger partial charge in [-0.05, 0) is 48.1 Å². The Labute approximate surface area is 153 Å². The molecule has 126 valence electrons. The van der Waals surface area contributed by atoms with Gasteiger partial charge in [-0.2, -0.15) is 5.01 Å². The van der Waals surface area contributed by atoms with Crippen LogP contribution in [0.1, 0.15) is 15.9 Å². The number of hydrazine groups is 1. The van der Waals surface area contributed by atoms with E-state index in [1.165, 1.54) is 6.20 Å². The van der Waals surface area contributed by atoms with Gasteiger partial charge in [0, 0.05) is 12.4 Å². The zero-order chi connectivity index (χ0) is 17.8. The third kappa shape index (κ3) is 3.86. The molecule has 6 nitrogen and oxygen atoms in total. The van der Waals surface area contributed by atoms with Gasteiger partial charge in [-0.25, -0.2) is 0 Å². The standard InChI is InChI=1S/C17H13N3O3S2/c1-23-13-6-2-4-11(8-13)9-14-16(22)20(17(24)25-14)19-15(21)12-5-3-7-18-10-12/h2-10H,1H3,(H,19,21). The van der Waals surface area contributed by atoms with Gasteiger partial charge in [0.25, 0.3) is 11.8 Å². The van der Waals surface area contributed by atoms with Crippen LogP contribution in [0, 0.1) is 0 Å². The second-order valence-corrected chi connectivity index (χ2v) is 6.65. The highest BCUT2D eigenvalue weighted by atomic mass is 32.2. The maximum atomic E-state index is 12.5. The zero-order valence-corrected chi connectivity index (χ0v) is 14.8. The maximum absolute atomic E-state index is 12.5. The number of carbonyl (C=O) groups excluding carboxylic acids is 2. The molecule has 2 heterocycles. The Hall–Kier alpha value is -2.71. The number of methoxy groups -OCH3 is 1. The van der Waals surface area contributed by atoms with Crippen LogP contribution in [0.25, 0.3) is 6.08 Å². The van der Waals surface area contributed by atoms with Gasteiger partial charge in [-0.15, -0.1) is 0 Å². The number of rotatable bonds is 4. The second kappa shape index (κ2) is 7.45. The number of benzene rings is 1. The van der Waals surface area contributed by atoms with E-state index < -0.39 is 5.91 Å². The van der Waals surface area contributed by atoms with Gasteiger partial charge in [0.2, 0.25) is 0 Å². The average molecular weight is 371 g/mol. The highest BCUT2D eigenvalue weighted by Crippen LogP contribution is 2.31. The number of nitrogens with zero attached hydrogens (tertiary/aromatic N) is 2. The lowest BCUT2D eigenvalue weighted by atomic mass is 10.2. The summed E-state index contributed by atoms with van der Waals surface area (Å²) in [4.78, 5) is 29.0. The fraction of sp³-hybridized carbons (Fsp3) is 0.0588. The smallest absolute Gasteiger partial charge is 0.285 e. The highest BCUT2D eigenvalue weighted by molar-refractivity contribution is 8.26. The molecule has 2 amide bonds. The fourth-order valence-corrected chi connectivity index (χ4v) is 3.29. The number of thioether (sulfide) groups is 1. The third-order valence-corrected chi connectivity index (χ3v) is 4.62. The van der Waals surface area contributed by atoms with E-state index >= 15 is 0 Å². The van der Waals surface area contributed by atoms with E-state index in [2.05, 4.69) is 10.4 Å². The van der Waals surface area contributed by atoms with Gasteiger partial charge in [-0.1, -0.05) is 23.9 Å². The molecular formula is C17H13N3O3S2. The summed E-state index contributed by atoms with van der Waals surface area (Å²) in [5.41, 5.74) is 3.66. The average Bonchev–Trinajstić information content (AvgIpc) is 2.90. The fourth-order valence-electron chi connectivity index (χ4n) is 2.11. The second-order valence-electron chi connectivity index (χ2n) is 4.98. The lowest BCUT2D eigenvalue weighted by Gasteiger charge is -2.15. The molecule has 2 aromatic rings. The van der Waals surface area contributed by atoms with Crippen molar-refractivity contribution >= 4 is 46.2 Å². The van der Waals surface area contributed by atoms with E-state index in [-0.39, 0.29) is 10.2 Å². The molecule has 1 aromatic heterocycles. The summed E-state index contributed by atoms with van der Waals surface area (Å²) in [5, 5.41) is 1.07. The minimum atomic E-state index is -0.452. The Morgan fingerprint density at radius 2 is 2.20 bits per heavy atom. The van der Waals surface area contributed by atoms with Crippen molar-refractivity contribution in [3.05, 3.63) is 64.8 Å². The number of pyridine rings is 1. The summed E-state index contributed by atoms with van der Waals surface area (Å²) in [6, 6.07) is 10.5. The number of nitrogens with one attached hydrogen (secondary N) is 1. The van der Waals surface area contributed by atoms with E-state index in [1.54, 1.807) is 37.6 Å². The summed E-state index contributed by atoms with van der Waals surface area (Å²) < 4.78 is 5.43. The molecule has 0 spiro atoms. The molecule has 25 heavy (non-hydrogen) atoms. The quantitative estimate of drug-likeness (QED) is 0.658. The molecule has 0 unspecified atom stereocenters. The topological polar surface area (TPSA) is 71.5 Å². The van der Waals surface area contributed by atoms with E-state index in [1.807, 2.05) is 18.2 Å². The lowest BCUT2D eigenvalue weighted by Crippen LogP contribution is -2.44. The summed E-state index contributed by atoms with van der Waals surface area (Å²) in [6.07, 6.45) is 4.68. The number of hydrogen-bond acceptors (Lipinski definition) is 6. The molecule has 8 heteroatoms. The molecule has 0 saturated carbocycles. The normalized spacial score (nSPS) is 15.6. The minimum absolute atomic E-state index is 0.261. The van der Waals surface area contributed by atoms with Gasteiger partial charge >= 0.3 is 0 Å². The Balaban J connectivity index is 1.78. The Morgan fingerprint density at radius 1 is 1.36 bits per heavy atom. The van der Waals surface area contributed by atoms with Gasteiger partial charge in [0.15, 0.2) is 4.32 Å². The number of ether oxygens (including phenoxy) is 1. The van der Waals surface area contributed by atoms with Crippen LogP contribution < -0.4 is 10.2 Å². The number of thiocarbonyl (C=S) groups is 1. The molecule has 0 aliphatic carbocycles. The minimum Gasteiger partial charge on any atom is -0.497 e. The van der Waals surface area contributed by atoms with Gasteiger partial charge in [0.1, 0.15) is 5.75 Å².